The third-order valence-corrected chi connectivity index (χ3v) is 6.77. The molecule has 0 spiro atoms. The van der Waals surface area contributed by atoms with Crippen molar-refractivity contribution in [3.8, 4) is 5.75 Å². The Morgan fingerprint density at radius 1 is 1.21 bits per heavy atom. The zero-order valence-corrected chi connectivity index (χ0v) is 14.2. The Kier molecular flexibility index (Phi) is 3.55. The third kappa shape index (κ3) is 2.00. The molecule has 2 N–H and O–H groups in total. The second-order valence-corrected chi connectivity index (χ2v) is 7.64. The molecule has 4 atom stereocenters. The monoisotopic (exact) mass is 328 g/mol. The maximum absolute atomic E-state index is 9.47. The van der Waals surface area contributed by atoms with E-state index in [0.717, 1.165) is 31.4 Å². The fraction of sp³-hybridized carbons (Fsp3) is 0.579. The molecule has 0 bridgehead atoms. The Morgan fingerprint density at radius 3 is 2.75 bits per heavy atom. The van der Waals surface area contributed by atoms with Gasteiger partial charge in [0.05, 0.1) is 7.11 Å². The van der Waals surface area contributed by atoms with E-state index in [1.165, 1.54) is 11.1 Å². The lowest BCUT2D eigenvalue weighted by molar-refractivity contribution is 0.0963. The topological polar surface area (TPSA) is 74.4 Å². The van der Waals surface area contributed by atoms with E-state index in [2.05, 4.69) is 35.4 Å². The zero-order chi connectivity index (χ0) is 16.9. The molecule has 2 unspecified atom stereocenters. The van der Waals surface area contributed by atoms with Crippen LogP contribution in [-0.4, -0.2) is 28.9 Å². The van der Waals surface area contributed by atoms with Crippen LogP contribution >= 0.6 is 0 Å². The van der Waals surface area contributed by atoms with Gasteiger partial charge in [0.1, 0.15) is 17.2 Å². The van der Waals surface area contributed by atoms with Crippen LogP contribution in [0.15, 0.2) is 28.5 Å². The van der Waals surface area contributed by atoms with Crippen molar-refractivity contribution in [2.24, 2.45) is 27.6 Å². The van der Waals surface area contributed by atoms with Crippen molar-refractivity contribution in [3.63, 3.8) is 0 Å². The van der Waals surface area contributed by atoms with Gasteiger partial charge in [-0.25, -0.2) is 0 Å². The molecule has 0 aliphatic heterocycles. The van der Waals surface area contributed by atoms with E-state index in [-0.39, 0.29) is 5.41 Å². The van der Waals surface area contributed by atoms with E-state index in [4.69, 9.17) is 4.74 Å². The standard InChI is InChI=1S/C19H24N2O3/c1-19-8-7-14-13-6-4-12(24-2)9-11(13)3-5-15(14)16(19)10-17(20-22)18(19)21-23/h4,6,9,14-16,22-23H,3,5,7-8,10H2,1-2H3/b20-17+,21-18+/t14?,15-,16?,19+/m1/s1. The molecule has 0 aromatic heterocycles. The first-order valence-electron chi connectivity index (χ1n) is 8.73. The summed E-state index contributed by atoms with van der Waals surface area (Å²) in [5.74, 6) is 2.39. The van der Waals surface area contributed by atoms with Crippen LogP contribution < -0.4 is 4.74 Å². The van der Waals surface area contributed by atoms with Crippen molar-refractivity contribution in [1.82, 2.24) is 0 Å². The van der Waals surface area contributed by atoms with Crippen molar-refractivity contribution >= 4 is 11.4 Å². The molecule has 3 aliphatic carbocycles. The molecule has 4 rings (SSSR count). The molecular formula is C19H24N2O3. The molecule has 1 aromatic carbocycles. The van der Waals surface area contributed by atoms with Crippen LogP contribution in [0.1, 0.15) is 49.7 Å². The van der Waals surface area contributed by atoms with E-state index in [1.54, 1.807) is 7.11 Å². The van der Waals surface area contributed by atoms with Gasteiger partial charge in [0, 0.05) is 5.41 Å². The summed E-state index contributed by atoms with van der Waals surface area (Å²) in [6.45, 7) is 2.17. The Balaban J connectivity index is 1.72. The predicted octanol–water partition coefficient (Wildman–Crippen LogP) is 3.82. The van der Waals surface area contributed by atoms with Crippen LogP contribution in [0, 0.1) is 17.3 Å². The number of aryl methyl sites for hydroxylation is 1. The minimum atomic E-state index is -0.179. The van der Waals surface area contributed by atoms with Gasteiger partial charge in [-0.05, 0) is 73.1 Å². The molecule has 1 aromatic rings. The number of oxime groups is 2. The summed E-state index contributed by atoms with van der Waals surface area (Å²) in [5, 5.41) is 25.7. The first kappa shape index (κ1) is 15.5. The number of nitrogens with zero attached hydrogens (tertiary/aromatic N) is 2. The number of rotatable bonds is 1. The second-order valence-electron chi connectivity index (χ2n) is 7.64. The van der Waals surface area contributed by atoms with Gasteiger partial charge in [-0.15, -0.1) is 0 Å². The maximum Gasteiger partial charge on any atom is 0.119 e. The fourth-order valence-corrected chi connectivity index (χ4v) is 5.57. The molecule has 0 radical (unpaired) electrons. The smallest absolute Gasteiger partial charge is 0.119 e. The molecule has 5 heteroatoms. The lowest BCUT2D eigenvalue weighted by Crippen LogP contribution is -2.42. The van der Waals surface area contributed by atoms with Gasteiger partial charge in [-0.1, -0.05) is 23.3 Å². The summed E-state index contributed by atoms with van der Waals surface area (Å²) in [4.78, 5) is 0. The van der Waals surface area contributed by atoms with E-state index < -0.39 is 0 Å². The normalized spacial score (nSPS) is 37.8. The van der Waals surface area contributed by atoms with Crippen LogP contribution in [-0.2, 0) is 6.42 Å². The number of benzene rings is 1. The SMILES string of the molecule is COc1ccc2c(c1)CC[C@@H]1C2CC[C@]2(C)C(=N/O)/C(=N/O)CC12. The summed E-state index contributed by atoms with van der Waals surface area (Å²) < 4.78 is 5.37. The number of hydrogen-bond acceptors (Lipinski definition) is 5. The summed E-state index contributed by atoms with van der Waals surface area (Å²) in [6, 6.07) is 6.46. The number of hydrogen-bond donors (Lipinski definition) is 2. The summed E-state index contributed by atoms with van der Waals surface area (Å²) in [5.41, 5.74) is 3.83. The van der Waals surface area contributed by atoms with Gasteiger partial charge >= 0.3 is 0 Å². The number of fused-ring (bicyclic) bond motifs is 5. The lowest BCUT2D eigenvalue weighted by atomic mass is 9.55. The van der Waals surface area contributed by atoms with Gasteiger partial charge in [0.2, 0.25) is 0 Å². The second kappa shape index (κ2) is 5.50. The zero-order valence-electron chi connectivity index (χ0n) is 14.2. The van der Waals surface area contributed by atoms with Gasteiger partial charge in [0.15, 0.2) is 0 Å². The molecule has 128 valence electrons. The van der Waals surface area contributed by atoms with Crippen molar-refractivity contribution in [1.29, 1.82) is 0 Å². The third-order valence-electron chi connectivity index (χ3n) is 6.77. The Labute approximate surface area is 142 Å². The number of methoxy groups -OCH3 is 1. The Morgan fingerprint density at radius 2 is 2.04 bits per heavy atom. The van der Waals surface area contributed by atoms with E-state index in [0.29, 0.717) is 35.6 Å². The first-order valence-corrected chi connectivity index (χ1v) is 8.73. The fourth-order valence-electron chi connectivity index (χ4n) is 5.57. The lowest BCUT2D eigenvalue weighted by Gasteiger charge is -2.48. The molecule has 24 heavy (non-hydrogen) atoms. The van der Waals surface area contributed by atoms with Crippen molar-refractivity contribution < 1.29 is 15.2 Å². The van der Waals surface area contributed by atoms with Crippen molar-refractivity contribution in [2.75, 3.05) is 7.11 Å². The molecule has 2 saturated carbocycles. The van der Waals surface area contributed by atoms with Crippen LogP contribution in [0.25, 0.3) is 0 Å². The molecule has 0 saturated heterocycles. The molecule has 3 aliphatic rings. The molecule has 2 fully saturated rings. The minimum absolute atomic E-state index is 0.179. The van der Waals surface area contributed by atoms with E-state index >= 15 is 0 Å². The van der Waals surface area contributed by atoms with E-state index in [9.17, 15) is 10.4 Å². The highest BCUT2D eigenvalue weighted by molar-refractivity contribution is 6.46. The first-order chi connectivity index (χ1) is 11.6. The highest BCUT2D eigenvalue weighted by Crippen LogP contribution is 2.59. The predicted molar refractivity (Wildman–Crippen MR) is 91.4 cm³/mol. The highest BCUT2D eigenvalue weighted by Gasteiger charge is 2.56. The van der Waals surface area contributed by atoms with Crippen LogP contribution in [0.3, 0.4) is 0 Å². The Bertz CT molecular complexity index is 727. The molecule has 5 nitrogen and oxygen atoms in total. The van der Waals surface area contributed by atoms with Crippen LogP contribution in [0.5, 0.6) is 5.75 Å². The average molecular weight is 328 g/mol. The van der Waals surface area contributed by atoms with Crippen LogP contribution in [0.4, 0.5) is 0 Å². The minimum Gasteiger partial charge on any atom is -0.497 e. The van der Waals surface area contributed by atoms with Crippen molar-refractivity contribution in [3.05, 3.63) is 29.3 Å². The van der Waals surface area contributed by atoms with Crippen LogP contribution in [0.2, 0.25) is 0 Å². The summed E-state index contributed by atoms with van der Waals surface area (Å²) in [7, 11) is 1.71. The molecule has 0 heterocycles. The summed E-state index contributed by atoms with van der Waals surface area (Å²) in [6.07, 6.45) is 4.93. The molecule has 0 amide bonds. The average Bonchev–Trinajstić information content (AvgIpc) is 2.92. The molecular weight excluding hydrogens is 304 g/mol. The van der Waals surface area contributed by atoms with Gasteiger partial charge < -0.3 is 15.2 Å². The quantitative estimate of drug-likeness (QED) is 0.608. The Hall–Kier alpha value is -2.04. The van der Waals surface area contributed by atoms with Gasteiger partial charge in [-0.2, -0.15) is 0 Å². The van der Waals surface area contributed by atoms with E-state index in [1.807, 2.05) is 0 Å². The number of ether oxygens (including phenoxy) is 1. The van der Waals surface area contributed by atoms with Gasteiger partial charge in [-0.3, -0.25) is 0 Å². The maximum atomic E-state index is 9.47. The summed E-state index contributed by atoms with van der Waals surface area (Å²) >= 11 is 0. The highest BCUT2D eigenvalue weighted by atomic mass is 16.5. The van der Waals surface area contributed by atoms with Gasteiger partial charge in [0.25, 0.3) is 0 Å². The largest absolute Gasteiger partial charge is 0.497 e. The van der Waals surface area contributed by atoms with Crippen molar-refractivity contribution in [2.45, 2.75) is 44.9 Å².